The molecular weight excluding hydrogens is 390 g/mol. The van der Waals surface area contributed by atoms with Gasteiger partial charge in [-0.1, -0.05) is 12.1 Å². The van der Waals surface area contributed by atoms with Gasteiger partial charge in [0, 0.05) is 12.7 Å². The lowest BCUT2D eigenvalue weighted by Gasteiger charge is -2.33. The number of ether oxygens (including phenoxy) is 1. The Bertz CT molecular complexity index is 960. The van der Waals surface area contributed by atoms with E-state index in [9.17, 15) is 9.59 Å². The number of nitrogens with one attached hydrogen (secondary N) is 1. The van der Waals surface area contributed by atoms with Crippen molar-refractivity contribution in [2.24, 2.45) is 10.7 Å². The van der Waals surface area contributed by atoms with E-state index in [1.165, 1.54) is 18.2 Å². The lowest BCUT2D eigenvalue weighted by molar-refractivity contribution is -0.128. The second-order valence-corrected chi connectivity index (χ2v) is 6.60. The number of aliphatic imine (C=N–C) groups is 1. The van der Waals surface area contributed by atoms with Crippen LogP contribution < -0.4 is 15.8 Å². The molecule has 0 bridgehead atoms. The summed E-state index contributed by atoms with van der Waals surface area (Å²) in [7, 11) is 3.13. The van der Waals surface area contributed by atoms with Crippen molar-refractivity contribution in [1.82, 2.24) is 9.88 Å². The number of carbonyl (C=O) groups excluding carboxylic acids is 2. The van der Waals surface area contributed by atoms with Crippen molar-refractivity contribution in [3.05, 3.63) is 53.9 Å². The van der Waals surface area contributed by atoms with E-state index in [1.54, 1.807) is 37.4 Å². The van der Waals surface area contributed by atoms with Crippen molar-refractivity contribution in [1.29, 1.82) is 0 Å². The number of rotatable bonds is 4. The molecule has 0 saturated heterocycles. The fraction of sp³-hybridized carbons (Fsp3) is 0.250. The van der Waals surface area contributed by atoms with Crippen LogP contribution in [0.5, 0.6) is 5.75 Å². The largest absolute Gasteiger partial charge is 0.495 e. The summed E-state index contributed by atoms with van der Waals surface area (Å²) < 4.78 is 5.04. The smallest absolute Gasteiger partial charge is 0.290 e. The molecule has 30 heavy (non-hydrogen) atoms. The number of pyridine rings is 1. The Hall–Kier alpha value is -3.95. The average Bonchev–Trinajstić information content (AvgIpc) is 2.73. The van der Waals surface area contributed by atoms with Gasteiger partial charge >= 0.3 is 0 Å². The molecule has 10 heteroatoms. The van der Waals surface area contributed by atoms with E-state index in [0.717, 1.165) is 5.56 Å². The van der Waals surface area contributed by atoms with Crippen LogP contribution in [0.3, 0.4) is 0 Å². The summed E-state index contributed by atoms with van der Waals surface area (Å²) in [5.74, 6) is 0.291. The maximum absolute atomic E-state index is 12.4. The quantitative estimate of drug-likeness (QED) is 0.642. The van der Waals surface area contributed by atoms with Crippen molar-refractivity contribution >= 4 is 29.9 Å². The summed E-state index contributed by atoms with van der Waals surface area (Å²) in [6, 6.07) is 10.5. The molecule has 1 aliphatic rings. The second kappa shape index (κ2) is 9.50. The van der Waals surface area contributed by atoms with Gasteiger partial charge in [-0.15, -0.1) is 0 Å². The minimum atomic E-state index is -0.785. The molecule has 2 aromatic rings. The van der Waals surface area contributed by atoms with E-state index in [1.807, 2.05) is 13.0 Å². The predicted molar refractivity (Wildman–Crippen MR) is 110 cm³/mol. The number of anilines is 1. The molecular formula is C20H23N5O5. The van der Waals surface area contributed by atoms with Crippen molar-refractivity contribution in [3.63, 3.8) is 0 Å². The zero-order valence-corrected chi connectivity index (χ0v) is 16.8. The molecule has 0 unspecified atom stereocenters. The number of carbonyl (C=O) groups is 3. The van der Waals surface area contributed by atoms with Gasteiger partial charge in [0.2, 0.25) is 5.91 Å². The van der Waals surface area contributed by atoms with Gasteiger partial charge in [0.25, 0.3) is 12.4 Å². The molecule has 0 aliphatic carbocycles. The number of benzene rings is 1. The van der Waals surface area contributed by atoms with Crippen molar-refractivity contribution < 1.29 is 24.2 Å². The average molecular weight is 413 g/mol. The summed E-state index contributed by atoms with van der Waals surface area (Å²) in [5.41, 5.74) is 6.71. The van der Waals surface area contributed by atoms with E-state index >= 15 is 0 Å². The number of carboxylic acid groups (broad SMARTS) is 1. The summed E-state index contributed by atoms with van der Waals surface area (Å²) >= 11 is 0. The first-order valence-electron chi connectivity index (χ1n) is 8.85. The number of nitrogens with zero attached hydrogens (tertiary/aromatic N) is 3. The van der Waals surface area contributed by atoms with E-state index < -0.39 is 5.54 Å². The highest BCUT2D eigenvalue weighted by Gasteiger charge is 2.36. The number of guanidine groups is 1. The number of hydrogen-bond donors (Lipinski definition) is 3. The fourth-order valence-corrected chi connectivity index (χ4v) is 2.84. The van der Waals surface area contributed by atoms with Crippen molar-refractivity contribution in [2.45, 2.75) is 18.9 Å². The minimum Gasteiger partial charge on any atom is -0.495 e. The maximum atomic E-state index is 12.4. The van der Waals surface area contributed by atoms with Gasteiger partial charge in [0.1, 0.15) is 11.4 Å². The summed E-state index contributed by atoms with van der Waals surface area (Å²) in [6.07, 6.45) is 1.68. The van der Waals surface area contributed by atoms with Gasteiger partial charge in [-0.25, -0.2) is 9.98 Å². The third-order valence-electron chi connectivity index (χ3n) is 4.52. The second-order valence-electron chi connectivity index (χ2n) is 6.60. The molecule has 0 fully saturated rings. The molecule has 0 radical (unpaired) electrons. The molecule has 1 aliphatic heterocycles. The van der Waals surface area contributed by atoms with E-state index in [-0.39, 0.29) is 36.4 Å². The first-order valence-corrected chi connectivity index (χ1v) is 8.85. The molecule has 1 atom stereocenters. The van der Waals surface area contributed by atoms with Gasteiger partial charge in [-0.05, 0) is 36.8 Å². The van der Waals surface area contributed by atoms with Crippen LogP contribution >= 0.6 is 0 Å². The molecule has 2 heterocycles. The Morgan fingerprint density at radius 2 is 2.07 bits per heavy atom. The molecule has 3 rings (SSSR count). The molecule has 0 spiro atoms. The Morgan fingerprint density at radius 3 is 2.63 bits per heavy atom. The highest BCUT2D eigenvalue weighted by Crippen LogP contribution is 2.34. The molecule has 158 valence electrons. The summed E-state index contributed by atoms with van der Waals surface area (Å²) in [6.45, 7) is 1.59. The summed E-state index contributed by atoms with van der Waals surface area (Å²) in [4.78, 5) is 42.8. The van der Waals surface area contributed by atoms with Crippen LogP contribution in [0.15, 0.2) is 47.6 Å². The Balaban J connectivity index is 0.00000101. The van der Waals surface area contributed by atoms with Crippen LogP contribution in [0, 0.1) is 0 Å². The first-order chi connectivity index (χ1) is 14.2. The van der Waals surface area contributed by atoms with Crippen LogP contribution in [-0.2, 0) is 15.1 Å². The molecule has 1 aromatic heterocycles. The van der Waals surface area contributed by atoms with Crippen molar-refractivity contribution in [3.8, 4) is 5.75 Å². The monoisotopic (exact) mass is 413 g/mol. The third-order valence-corrected chi connectivity index (χ3v) is 4.52. The number of nitrogens with two attached hydrogens (primary N) is 1. The highest BCUT2D eigenvalue weighted by atomic mass is 16.5. The molecule has 10 nitrogen and oxygen atoms in total. The highest BCUT2D eigenvalue weighted by molar-refractivity contribution is 6.03. The predicted octanol–water partition coefficient (Wildman–Crippen LogP) is 1.44. The van der Waals surface area contributed by atoms with Gasteiger partial charge in [-0.2, -0.15) is 0 Å². The topological polar surface area (TPSA) is 147 Å². The molecule has 2 amide bonds. The van der Waals surface area contributed by atoms with E-state index in [2.05, 4.69) is 15.3 Å². The lowest BCUT2D eigenvalue weighted by Crippen LogP contribution is -2.47. The van der Waals surface area contributed by atoms with Crippen LogP contribution in [0.2, 0.25) is 0 Å². The zero-order chi connectivity index (χ0) is 22.3. The number of amides is 2. The van der Waals surface area contributed by atoms with Crippen LogP contribution in [0.4, 0.5) is 5.69 Å². The van der Waals surface area contributed by atoms with Crippen LogP contribution in [0.25, 0.3) is 0 Å². The van der Waals surface area contributed by atoms with Gasteiger partial charge in [0.15, 0.2) is 5.96 Å². The normalized spacial score (nSPS) is 17.9. The standard InChI is InChI=1S/C19H21N5O3.CH2O2/c1-19(10-16(25)24(2)18(20)23-19)12-5-4-6-13(9-12)22-17(26)15-8-7-14(27-3)11-21-15;2-1-3/h4-9,11H,10H2,1-3H3,(H2,20,23)(H,22,26);1H,(H,2,3)/t19-;/m0./s1. The van der Waals surface area contributed by atoms with Crippen LogP contribution in [-0.4, -0.2) is 53.4 Å². The zero-order valence-electron chi connectivity index (χ0n) is 16.8. The molecule has 0 saturated carbocycles. The summed E-state index contributed by atoms with van der Waals surface area (Å²) in [5, 5.41) is 9.70. The molecule has 1 aromatic carbocycles. The minimum absolute atomic E-state index is 0.109. The van der Waals surface area contributed by atoms with Crippen LogP contribution in [0.1, 0.15) is 29.4 Å². The van der Waals surface area contributed by atoms with Crippen molar-refractivity contribution in [2.75, 3.05) is 19.5 Å². The fourth-order valence-electron chi connectivity index (χ4n) is 2.84. The number of aromatic nitrogens is 1. The van der Waals surface area contributed by atoms with Gasteiger partial charge < -0.3 is 20.9 Å². The van der Waals surface area contributed by atoms with E-state index in [4.69, 9.17) is 20.4 Å². The number of methoxy groups -OCH3 is 1. The van der Waals surface area contributed by atoms with Gasteiger partial charge in [0.05, 0.1) is 25.3 Å². The number of hydrogen-bond acceptors (Lipinski definition) is 7. The molecule has 4 N–H and O–H groups in total. The van der Waals surface area contributed by atoms with Gasteiger partial charge in [-0.3, -0.25) is 19.3 Å². The first kappa shape index (κ1) is 22.3. The Labute approximate surface area is 173 Å². The maximum Gasteiger partial charge on any atom is 0.290 e. The SMILES string of the molecule is COc1ccc(C(=O)Nc2cccc([C@]3(C)CC(=O)N(C)C(N)=N3)c2)nc1.O=CO. The Morgan fingerprint density at radius 1 is 1.37 bits per heavy atom. The van der Waals surface area contributed by atoms with E-state index in [0.29, 0.717) is 11.4 Å². The third kappa shape index (κ3) is 5.10. The Kier molecular flexibility index (Phi) is 7.08. The lowest BCUT2D eigenvalue weighted by atomic mass is 9.87.